The van der Waals surface area contributed by atoms with Crippen LogP contribution in [0.15, 0.2) is 42.5 Å². The number of rotatable bonds is 7. The lowest BCUT2D eigenvalue weighted by atomic mass is 10.1. The van der Waals surface area contributed by atoms with E-state index in [1.807, 2.05) is 0 Å². The lowest BCUT2D eigenvalue weighted by molar-refractivity contribution is -0.152. The van der Waals surface area contributed by atoms with Gasteiger partial charge in [-0.25, -0.2) is 9.78 Å². The van der Waals surface area contributed by atoms with Crippen molar-refractivity contribution in [1.29, 1.82) is 0 Å². The monoisotopic (exact) mass is 543 g/mol. The van der Waals surface area contributed by atoms with Crippen LogP contribution >= 0.6 is 34.5 Å². The molecule has 0 saturated heterocycles. The third kappa shape index (κ3) is 6.04. The molecule has 1 heterocycles. The SMILES string of the molecule is Cc1nc(-c2ccc(C(F)(F)F)cc2)sc1C(=O)C=Cc1ccc(OC(C)(C)C(=O)O)c(Cl)c1Cl. The van der Waals surface area contributed by atoms with E-state index in [9.17, 15) is 27.9 Å². The van der Waals surface area contributed by atoms with Crippen LogP contribution in [-0.2, 0) is 11.0 Å². The van der Waals surface area contributed by atoms with E-state index < -0.39 is 23.3 Å². The van der Waals surface area contributed by atoms with Gasteiger partial charge in [0.05, 0.1) is 21.2 Å². The number of aromatic nitrogens is 1. The fourth-order valence-corrected chi connectivity index (χ4v) is 4.29. The summed E-state index contributed by atoms with van der Waals surface area (Å²) in [6.45, 7) is 4.36. The van der Waals surface area contributed by atoms with Crippen molar-refractivity contribution in [3.8, 4) is 16.3 Å². The van der Waals surface area contributed by atoms with Crippen molar-refractivity contribution in [2.75, 3.05) is 0 Å². The van der Waals surface area contributed by atoms with Gasteiger partial charge in [-0.1, -0.05) is 35.3 Å². The average molecular weight is 544 g/mol. The Hall–Kier alpha value is -2.88. The Balaban J connectivity index is 1.81. The van der Waals surface area contributed by atoms with E-state index in [0.717, 1.165) is 23.5 Å². The number of carbonyl (C=O) groups excluding carboxylic acids is 1. The summed E-state index contributed by atoms with van der Waals surface area (Å²) in [5, 5.41) is 9.69. The normalized spacial score (nSPS) is 12.2. The Kier molecular flexibility index (Phi) is 7.64. The summed E-state index contributed by atoms with van der Waals surface area (Å²) < 4.78 is 43.8. The molecule has 0 atom stereocenters. The van der Waals surface area contributed by atoms with Gasteiger partial charge < -0.3 is 9.84 Å². The predicted molar refractivity (Wildman–Crippen MR) is 129 cm³/mol. The van der Waals surface area contributed by atoms with Gasteiger partial charge >= 0.3 is 12.1 Å². The number of thiazole rings is 1. The summed E-state index contributed by atoms with van der Waals surface area (Å²) in [7, 11) is 0. The fraction of sp³-hybridized carbons (Fsp3) is 0.208. The molecule has 1 aromatic heterocycles. The summed E-state index contributed by atoms with van der Waals surface area (Å²) in [6, 6.07) is 7.51. The van der Waals surface area contributed by atoms with Gasteiger partial charge in [-0.3, -0.25) is 4.79 Å². The lowest BCUT2D eigenvalue weighted by Gasteiger charge is -2.22. The first-order chi connectivity index (χ1) is 16.2. The van der Waals surface area contributed by atoms with Crippen LogP contribution in [0.25, 0.3) is 16.6 Å². The van der Waals surface area contributed by atoms with Crippen LogP contribution in [0.2, 0.25) is 10.0 Å². The number of benzene rings is 2. The van der Waals surface area contributed by atoms with Gasteiger partial charge in [-0.2, -0.15) is 13.2 Å². The maximum Gasteiger partial charge on any atom is 0.416 e. The molecule has 0 bridgehead atoms. The molecular formula is C24H18Cl2F3NO4S. The van der Waals surface area contributed by atoms with Crippen LogP contribution in [0.5, 0.6) is 5.75 Å². The Morgan fingerprint density at radius 2 is 1.69 bits per heavy atom. The molecule has 0 amide bonds. The molecule has 0 fully saturated rings. The second-order valence-corrected chi connectivity index (χ2v) is 9.66. The number of nitrogens with zero attached hydrogens (tertiary/aromatic N) is 1. The van der Waals surface area contributed by atoms with Gasteiger partial charge in [0.1, 0.15) is 15.8 Å². The first kappa shape index (κ1) is 26.7. The van der Waals surface area contributed by atoms with Gasteiger partial charge in [-0.15, -0.1) is 11.3 Å². The zero-order valence-corrected chi connectivity index (χ0v) is 20.9. The maximum atomic E-state index is 12.8. The van der Waals surface area contributed by atoms with Crippen LogP contribution < -0.4 is 4.74 Å². The van der Waals surface area contributed by atoms with Crippen molar-refractivity contribution in [2.24, 2.45) is 0 Å². The topological polar surface area (TPSA) is 76.5 Å². The number of allylic oxidation sites excluding steroid dienone is 1. The van der Waals surface area contributed by atoms with Crippen LogP contribution in [-0.4, -0.2) is 27.4 Å². The summed E-state index contributed by atoms with van der Waals surface area (Å²) in [5.74, 6) is -1.49. The number of carboxylic acid groups (broad SMARTS) is 1. The molecule has 11 heteroatoms. The second kappa shape index (κ2) is 10.0. The molecule has 3 rings (SSSR count). The van der Waals surface area contributed by atoms with Crippen molar-refractivity contribution in [2.45, 2.75) is 32.5 Å². The van der Waals surface area contributed by atoms with Gasteiger partial charge in [0, 0.05) is 5.56 Å². The third-order valence-electron chi connectivity index (χ3n) is 4.85. The lowest BCUT2D eigenvalue weighted by Crippen LogP contribution is -2.37. The highest BCUT2D eigenvalue weighted by Crippen LogP contribution is 2.37. The zero-order valence-electron chi connectivity index (χ0n) is 18.5. The molecule has 0 unspecified atom stereocenters. The van der Waals surface area contributed by atoms with Crippen LogP contribution in [0.3, 0.4) is 0 Å². The highest BCUT2D eigenvalue weighted by atomic mass is 35.5. The Morgan fingerprint density at radius 1 is 1.06 bits per heavy atom. The molecule has 0 aliphatic heterocycles. The highest BCUT2D eigenvalue weighted by molar-refractivity contribution is 7.17. The molecular weight excluding hydrogens is 526 g/mol. The van der Waals surface area contributed by atoms with Gasteiger partial charge in [0.25, 0.3) is 0 Å². The molecule has 0 aliphatic carbocycles. The minimum absolute atomic E-state index is 0.00542. The van der Waals surface area contributed by atoms with Crippen molar-refractivity contribution in [3.05, 3.63) is 74.2 Å². The molecule has 2 aromatic carbocycles. The number of carbonyl (C=O) groups is 2. The van der Waals surface area contributed by atoms with Crippen LogP contribution in [0, 0.1) is 6.92 Å². The maximum absolute atomic E-state index is 12.8. The van der Waals surface area contributed by atoms with Crippen molar-refractivity contribution >= 4 is 52.4 Å². The number of aliphatic carboxylic acids is 1. The highest BCUT2D eigenvalue weighted by Gasteiger charge is 2.31. The van der Waals surface area contributed by atoms with Crippen molar-refractivity contribution in [3.63, 3.8) is 0 Å². The molecule has 0 radical (unpaired) electrons. The van der Waals surface area contributed by atoms with E-state index in [1.165, 1.54) is 50.3 Å². The van der Waals surface area contributed by atoms with E-state index in [4.69, 9.17) is 27.9 Å². The van der Waals surface area contributed by atoms with E-state index in [0.29, 0.717) is 26.7 Å². The Morgan fingerprint density at radius 3 is 2.26 bits per heavy atom. The number of hydrogen-bond donors (Lipinski definition) is 1. The second-order valence-electron chi connectivity index (χ2n) is 7.90. The molecule has 0 aliphatic rings. The number of halogens is 5. The predicted octanol–water partition coefficient (Wildman–Crippen LogP) is 7.58. The minimum atomic E-state index is -4.44. The Bertz CT molecular complexity index is 1320. The van der Waals surface area contributed by atoms with Gasteiger partial charge in [0.15, 0.2) is 11.4 Å². The molecule has 35 heavy (non-hydrogen) atoms. The standard InChI is InChI=1S/C24H18Cl2F3NO4S/c1-12-20(35-21(30-12)14-4-8-15(9-5-14)24(27,28)29)16(31)10-6-13-7-11-17(19(26)18(13)25)34-23(2,3)22(32)33/h4-11H,1-3H3,(H,32,33). The zero-order chi connectivity index (χ0) is 26.1. The van der Waals surface area contributed by atoms with Crippen molar-refractivity contribution < 1.29 is 32.6 Å². The minimum Gasteiger partial charge on any atom is -0.478 e. The van der Waals surface area contributed by atoms with Gasteiger partial charge in [-0.05, 0) is 62.8 Å². The number of ether oxygens (including phenoxy) is 1. The number of ketones is 1. The average Bonchev–Trinajstić information content (AvgIpc) is 3.17. The summed E-state index contributed by atoms with van der Waals surface area (Å²) in [6.07, 6.45) is -1.72. The third-order valence-corrected chi connectivity index (χ3v) is 6.95. The molecule has 1 N–H and O–H groups in total. The van der Waals surface area contributed by atoms with Crippen LogP contribution in [0.1, 0.15) is 40.3 Å². The van der Waals surface area contributed by atoms with E-state index in [2.05, 4.69) is 4.98 Å². The molecule has 0 spiro atoms. The first-order valence-corrected chi connectivity index (χ1v) is 11.6. The largest absolute Gasteiger partial charge is 0.478 e. The van der Waals surface area contributed by atoms with Crippen molar-refractivity contribution in [1.82, 2.24) is 4.98 Å². The molecule has 5 nitrogen and oxygen atoms in total. The quantitative estimate of drug-likeness (QED) is 0.245. The fourth-order valence-electron chi connectivity index (χ4n) is 2.86. The van der Waals surface area contributed by atoms with E-state index in [-0.39, 0.29) is 21.6 Å². The van der Waals surface area contributed by atoms with E-state index in [1.54, 1.807) is 6.92 Å². The summed E-state index contributed by atoms with van der Waals surface area (Å²) in [5.41, 5.74) is -1.01. The van der Waals surface area contributed by atoms with Gasteiger partial charge in [0.2, 0.25) is 0 Å². The summed E-state index contributed by atoms with van der Waals surface area (Å²) >= 11 is 13.6. The molecule has 0 saturated carbocycles. The molecule has 184 valence electrons. The number of hydrogen-bond acceptors (Lipinski definition) is 5. The first-order valence-electron chi connectivity index (χ1n) is 9.98. The summed E-state index contributed by atoms with van der Waals surface area (Å²) in [4.78, 5) is 28.7. The van der Waals surface area contributed by atoms with E-state index >= 15 is 0 Å². The smallest absolute Gasteiger partial charge is 0.416 e. The number of alkyl halides is 3. The Labute approximate surface area is 212 Å². The number of aryl methyl sites for hydroxylation is 1. The number of carboxylic acids is 1. The van der Waals surface area contributed by atoms with Crippen LogP contribution in [0.4, 0.5) is 13.2 Å². The molecule has 3 aromatic rings.